The summed E-state index contributed by atoms with van der Waals surface area (Å²) in [6.07, 6.45) is 37.4. The first kappa shape index (κ1) is 60.5. The van der Waals surface area contributed by atoms with E-state index < -0.39 is 81.8 Å². The van der Waals surface area contributed by atoms with Crippen molar-refractivity contribution in [3.05, 3.63) is 109 Å². The molecule has 374 valence electrons. The molecule has 1 rings (SSSR count). The second-order valence-electron chi connectivity index (χ2n) is 16.1. The monoisotopic (exact) mass is 949 g/mol. The fourth-order valence-corrected chi connectivity index (χ4v) is 7.25. The molecule has 0 aromatic rings. The Bertz CT molecular complexity index is 1580. The first-order valence-electron chi connectivity index (χ1n) is 23.8. The summed E-state index contributed by atoms with van der Waals surface area (Å²) in [6, 6.07) is 0. The van der Waals surface area contributed by atoms with Gasteiger partial charge >= 0.3 is 19.8 Å². The number of ether oxygens (including phenoxy) is 2. The van der Waals surface area contributed by atoms with Gasteiger partial charge in [0.25, 0.3) is 0 Å². The summed E-state index contributed by atoms with van der Waals surface area (Å²) in [5, 5.41) is 60.3. The Morgan fingerprint density at radius 3 is 1.56 bits per heavy atom. The van der Waals surface area contributed by atoms with Gasteiger partial charge in [-0.15, -0.1) is 0 Å². The fourth-order valence-electron chi connectivity index (χ4n) is 6.28. The number of rotatable bonds is 37. The van der Waals surface area contributed by atoms with Crippen LogP contribution in [0.2, 0.25) is 0 Å². The van der Waals surface area contributed by atoms with Crippen LogP contribution in [0.5, 0.6) is 0 Å². The smallest absolute Gasteiger partial charge is 0.462 e. The molecule has 14 nitrogen and oxygen atoms in total. The van der Waals surface area contributed by atoms with Gasteiger partial charge in [0.2, 0.25) is 0 Å². The largest absolute Gasteiger partial charge is 0.472 e. The molecule has 1 saturated carbocycles. The Labute approximate surface area is 394 Å². The second-order valence-corrected chi connectivity index (χ2v) is 17.5. The number of hydrogen-bond acceptors (Lipinski definition) is 13. The Hall–Kier alpha value is -3.53. The van der Waals surface area contributed by atoms with E-state index in [0.717, 1.165) is 38.5 Å². The van der Waals surface area contributed by atoms with Crippen molar-refractivity contribution in [1.29, 1.82) is 0 Å². The van der Waals surface area contributed by atoms with Crippen molar-refractivity contribution in [2.24, 2.45) is 0 Å². The first-order valence-corrected chi connectivity index (χ1v) is 25.3. The number of phosphoric ester groups is 1. The zero-order chi connectivity index (χ0) is 48.7. The maximum Gasteiger partial charge on any atom is 0.472 e. The highest BCUT2D eigenvalue weighted by atomic mass is 31.2. The van der Waals surface area contributed by atoms with Crippen LogP contribution in [0.4, 0.5) is 0 Å². The first-order chi connectivity index (χ1) is 31.8. The van der Waals surface area contributed by atoms with Crippen LogP contribution in [-0.2, 0) is 32.7 Å². The van der Waals surface area contributed by atoms with Crippen molar-refractivity contribution < 1.29 is 68.2 Å². The van der Waals surface area contributed by atoms with Crippen LogP contribution in [-0.4, -0.2) is 110 Å². The molecular weight excluding hydrogens is 868 g/mol. The zero-order valence-electron chi connectivity index (χ0n) is 39.3. The van der Waals surface area contributed by atoms with Gasteiger partial charge in [-0.2, -0.15) is 0 Å². The summed E-state index contributed by atoms with van der Waals surface area (Å²) in [7, 11) is -5.18. The number of aliphatic hydroxyl groups excluding tert-OH is 6. The summed E-state index contributed by atoms with van der Waals surface area (Å²) in [4.78, 5) is 35.7. The Balaban J connectivity index is 2.58. The molecule has 1 fully saturated rings. The summed E-state index contributed by atoms with van der Waals surface area (Å²) < 4.78 is 33.4. The van der Waals surface area contributed by atoms with E-state index in [0.29, 0.717) is 38.5 Å². The lowest BCUT2D eigenvalue weighted by molar-refractivity contribution is -0.220. The molecule has 66 heavy (non-hydrogen) atoms. The Morgan fingerprint density at radius 2 is 1.02 bits per heavy atom. The maximum absolute atomic E-state index is 12.8. The number of carbonyl (C=O) groups excluding carboxylic acids is 2. The number of unbranched alkanes of at least 4 members (excludes halogenated alkanes) is 7. The molecule has 0 saturated heterocycles. The predicted molar refractivity (Wildman–Crippen MR) is 259 cm³/mol. The van der Waals surface area contributed by atoms with Crippen molar-refractivity contribution >= 4 is 19.8 Å². The molecule has 0 aromatic carbocycles. The van der Waals surface area contributed by atoms with E-state index in [2.05, 4.69) is 62.5 Å². The summed E-state index contributed by atoms with van der Waals surface area (Å²) in [5.41, 5.74) is 0. The standard InChI is InChI=1S/C51H81O14P/c1-3-5-7-9-11-12-13-14-15-16-17-18-19-20-21-22-26-30-34-38-44(53)62-40-43(41-63-66(60,61)65-51-49(58)47(56)46(55)48(57)50(51)59)64-45(54)39-35-31-27-23-25-29-33-37-42(52)36-32-28-24-10-8-6-4-2/h11-12,14-15,17-18,20-21,23-24,26-30,32-33,36,42-43,46-52,55-59H,3-10,13,16,19,22,25,31,34-35,37-41H2,1-2H3,(H,60,61)/b12-11-,15-14-,18-17-,21-20-,27-23+,28-24-,30-26-,33-29-,36-32-/t42-,43+,46?,47-,48+,49+,50+,51?/m0/s1. The highest BCUT2D eigenvalue weighted by molar-refractivity contribution is 7.47. The molecule has 1 aliphatic rings. The van der Waals surface area contributed by atoms with Crippen molar-refractivity contribution in [2.75, 3.05) is 13.2 Å². The lowest BCUT2D eigenvalue weighted by atomic mass is 9.85. The highest BCUT2D eigenvalue weighted by Gasteiger charge is 2.51. The molecule has 0 amide bonds. The minimum atomic E-state index is -5.18. The molecule has 7 N–H and O–H groups in total. The Kier molecular flexibility index (Phi) is 36.2. The van der Waals surface area contributed by atoms with Gasteiger partial charge in [0.05, 0.1) is 12.7 Å². The molecule has 15 heteroatoms. The van der Waals surface area contributed by atoms with E-state index in [-0.39, 0.29) is 12.8 Å². The van der Waals surface area contributed by atoms with Crippen molar-refractivity contribution in [1.82, 2.24) is 0 Å². The quantitative estimate of drug-likeness (QED) is 0.0102. The van der Waals surface area contributed by atoms with Crippen LogP contribution in [0.15, 0.2) is 109 Å². The Morgan fingerprint density at radius 1 is 0.545 bits per heavy atom. The van der Waals surface area contributed by atoms with E-state index in [4.69, 9.17) is 18.5 Å². The van der Waals surface area contributed by atoms with Crippen LogP contribution in [0.3, 0.4) is 0 Å². The van der Waals surface area contributed by atoms with E-state index in [1.54, 1.807) is 6.08 Å². The van der Waals surface area contributed by atoms with E-state index >= 15 is 0 Å². The van der Waals surface area contributed by atoms with Gasteiger partial charge in [0, 0.05) is 12.8 Å². The predicted octanol–water partition coefficient (Wildman–Crippen LogP) is 8.58. The summed E-state index contributed by atoms with van der Waals surface area (Å²) in [6.45, 7) is 3.04. The van der Waals surface area contributed by atoms with E-state index in [1.165, 1.54) is 32.1 Å². The van der Waals surface area contributed by atoms with Crippen molar-refractivity contribution in [3.63, 3.8) is 0 Å². The van der Waals surface area contributed by atoms with E-state index in [1.807, 2.05) is 54.7 Å². The summed E-state index contributed by atoms with van der Waals surface area (Å²) >= 11 is 0. The average Bonchev–Trinajstić information content (AvgIpc) is 3.29. The van der Waals surface area contributed by atoms with Gasteiger partial charge in [0.15, 0.2) is 6.10 Å². The number of esters is 2. The third kappa shape index (κ3) is 31.4. The zero-order valence-corrected chi connectivity index (χ0v) is 40.2. The minimum Gasteiger partial charge on any atom is -0.462 e. The molecule has 0 heterocycles. The number of carbonyl (C=O) groups is 2. The van der Waals surface area contributed by atoms with Crippen LogP contribution < -0.4 is 0 Å². The molecule has 0 aliphatic heterocycles. The lowest BCUT2D eigenvalue weighted by Gasteiger charge is -2.41. The van der Waals surface area contributed by atoms with Crippen LogP contribution in [0.25, 0.3) is 0 Å². The third-order valence-electron chi connectivity index (χ3n) is 10.2. The highest BCUT2D eigenvalue weighted by Crippen LogP contribution is 2.47. The van der Waals surface area contributed by atoms with Crippen LogP contribution in [0.1, 0.15) is 136 Å². The van der Waals surface area contributed by atoms with E-state index in [9.17, 15) is 49.7 Å². The maximum atomic E-state index is 12.8. The molecule has 0 spiro atoms. The molecule has 0 radical (unpaired) electrons. The van der Waals surface area contributed by atoms with Crippen LogP contribution >= 0.6 is 7.82 Å². The number of allylic oxidation sites excluding steroid dienone is 16. The van der Waals surface area contributed by atoms with Crippen molar-refractivity contribution in [2.45, 2.75) is 185 Å². The number of aliphatic hydroxyl groups is 6. The molecule has 0 aromatic heterocycles. The second kappa shape index (κ2) is 39.5. The van der Waals surface area contributed by atoms with Gasteiger partial charge in [-0.25, -0.2) is 4.57 Å². The lowest BCUT2D eigenvalue weighted by Crippen LogP contribution is -2.64. The molecule has 0 bridgehead atoms. The van der Waals surface area contributed by atoms with Crippen LogP contribution in [0, 0.1) is 0 Å². The fraction of sp³-hybridized carbons (Fsp3) is 0.608. The topological polar surface area (TPSA) is 230 Å². The third-order valence-corrected chi connectivity index (χ3v) is 11.2. The summed E-state index contributed by atoms with van der Waals surface area (Å²) in [5.74, 6) is -1.31. The average molecular weight is 949 g/mol. The van der Waals surface area contributed by atoms with Gasteiger partial charge in [0.1, 0.15) is 43.2 Å². The van der Waals surface area contributed by atoms with Gasteiger partial charge < -0.3 is 45.0 Å². The number of hydrogen-bond donors (Lipinski definition) is 7. The molecule has 3 unspecified atom stereocenters. The SMILES string of the molecule is CCCCC/C=C\C=C/[C@H](O)C/C=C\C/C=C/CCCC(=O)O[C@H](COC(=O)CC/C=C\C/C=C\C/C=C\C/C=C\C/C=C\CCCCC)COP(=O)(O)OC1[C@H](O)[C@H](O)C(O)[C@H](O)[C@H]1O. The molecule has 1 aliphatic carbocycles. The van der Waals surface area contributed by atoms with Crippen molar-refractivity contribution in [3.8, 4) is 0 Å². The molecular formula is C51H81O14P. The minimum absolute atomic E-state index is 0.0121. The van der Waals surface area contributed by atoms with Gasteiger partial charge in [-0.05, 0) is 83.5 Å². The van der Waals surface area contributed by atoms with Gasteiger partial charge in [-0.1, -0.05) is 149 Å². The number of phosphoric acid groups is 1. The normalized spacial score (nSPS) is 22.7. The molecule has 9 atom stereocenters. The van der Waals surface area contributed by atoms with Gasteiger partial charge in [-0.3, -0.25) is 18.6 Å².